The van der Waals surface area contributed by atoms with Crippen LogP contribution in [0.15, 0.2) is 35.5 Å². The molecule has 2 heterocycles. The fourth-order valence-electron chi connectivity index (χ4n) is 3.31. The second-order valence-corrected chi connectivity index (χ2v) is 8.34. The van der Waals surface area contributed by atoms with E-state index in [4.69, 9.17) is 0 Å². The van der Waals surface area contributed by atoms with E-state index in [1.165, 1.54) is 11.3 Å². The zero-order valence-electron chi connectivity index (χ0n) is 16.7. The predicted octanol–water partition coefficient (Wildman–Crippen LogP) is 2.99. The molecule has 1 amide bonds. The van der Waals surface area contributed by atoms with Gasteiger partial charge in [-0.15, -0.1) is 11.3 Å². The van der Waals surface area contributed by atoms with Crippen molar-refractivity contribution < 1.29 is 4.79 Å². The molecule has 3 rings (SSSR count). The number of nitrogens with zero attached hydrogens (tertiary/aromatic N) is 3. The van der Waals surface area contributed by atoms with Crippen LogP contribution < -0.4 is 10.6 Å². The van der Waals surface area contributed by atoms with E-state index >= 15 is 0 Å². The molecule has 1 aliphatic heterocycles. The molecular weight excluding hydrogens is 370 g/mol. The monoisotopic (exact) mass is 399 g/mol. The molecule has 2 aromatic rings. The number of aryl methyl sites for hydroxylation is 1. The lowest BCUT2D eigenvalue weighted by Crippen LogP contribution is -2.38. The molecule has 1 aromatic carbocycles. The van der Waals surface area contributed by atoms with Crippen LogP contribution in [0.4, 0.5) is 0 Å². The van der Waals surface area contributed by atoms with Gasteiger partial charge in [-0.25, -0.2) is 4.98 Å². The number of aromatic nitrogens is 1. The Kier molecular flexibility index (Phi) is 7.42. The average molecular weight is 400 g/mol. The molecule has 1 aromatic heterocycles. The number of guanidine groups is 1. The lowest BCUT2D eigenvalue weighted by molar-refractivity contribution is 0.0724. The Bertz CT molecular complexity index is 811. The lowest BCUT2D eigenvalue weighted by Gasteiger charge is -2.26. The van der Waals surface area contributed by atoms with Gasteiger partial charge in [0.25, 0.3) is 5.91 Å². The zero-order chi connectivity index (χ0) is 19.8. The second-order valence-electron chi connectivity index (χ2n) is 7.02. The molecule has 0 saturated carbocycles. The van der Waals surface area contributed by atoms with Crippen LogP contribution in [0, 0.1) is 6.92 Å². The number of carbonyl (C=O) groups is 1. The van der Waals surface area contributed by atoms with Crippen molar-refractivity contribution in [2.45, 2.75) is 39.2 Å². The Hall–Kier alpha value is -2.41. The third-order valence-corrected chi connectivity index (χ3v) is 5.77. The van der Waals surface area contributed by atoms with E-state index in [0.717, 1.165) is 61.0 Å². The van der Waals surface area contributed by atoms with Crippen molar-refractivity contribution in [2.75, 3.05) is 26.7 Å². The Balaban J connectivity index is 1.49. The van der Waals surface area contributed by atoms with Gasteiger partial charge >= 0.3 is 0 Å². The number of nitrogens with one attached hydrogen (secondary N) is 2. The van der Waals surface area contributed by atoms with Gasteiger partial charge in [-0.1, -0.05) is 12.1 Å². The predicted molar refractivity (Wildman–Crippen MR) is 115 cm³/mol. The second kappa shape index (κ2) is 10.2. The zero-order valence-corrected chi connectivity index (χ0v) is 17.5. The van der Waals surface area contributed by atoms with Gasteiger partial charge in [-0.05, 0) is 43.9 Å². The summed E-state index contributed by atoms with van der Waals surface area (Å²) in [6, 6.07) is 7.87. The first-order valence-corrected chi connectivity index (χ1v) is 10.7. The summed E-state index contributed by atoms with van der Waals surface area (Å²) in [6.07, 6.45) is 6.22. The fourth-order valence-corrected chi connectivity index (χ4v) is 4.09. The van der Waals surface area contributed by atoms with Gasteiger partial charge in [0, 0.05) is 56.3 Å². The topological polar surface area (TPSA) is 69.6 Å². The largest absolute Gasteiger partial charge is 0.356 e. The fraction of sp³-hybridized carbons (Fsp3) is 0.476. The van der Waals surface area contributed by atoms with Gasteiger partial charge in [0.1, 0.15) is 0 Å². The van der Waals surface area contributed by atoms with Crippen LogP contribution in [0.25, 0.3) is 0 Å². The highest BCUT2D eigenvalue weighted by Crippen LogP contribution is 2.14. The highest BCUT2D eigenvalue weighted by Gasteiger charge is 2.18. The average Bonchev–Trinajstić information content (AvgIpc) is 3.16. The van der Waals surface area contributed by atoms with Crippen molar-refractivity contribution in [3.63, 3.8) is 0 Å². The Morgan fingerprint density at radius 3 is 2.79 bits per heavy atom. The first-order chi connectivity index (χ1) is 13.7. The van der Waals surface area contributed by atoms with Crippen LogP contribution in [0.5, 0.6) is 0 Å². The van der Waals surface area contributed by atoms with Crippen molar-refractivity contribution in [3.05, 3.63) is 51.5 Å². The SMILES string of the molecule is CN=C(NCCc1ncc(C)s1)NCc1cccc(C(=O)N2CCCCC2)c1. The van der Waals surface area contributed by atoms with Crippen molar-refractivity contribution in [1.29, 1.82) is 0 Å². The number of hydrogen-bond acceptors (Lipinski definition) is 4. The molecule has 7 heteroatoms. The number of carbonyl (C=O) groups excluding carboxylic acids is 1. The highest BCUT2D eigenvalue weighted by atomic mass is 32.1. The molecule has 28 heavy (non-hydrogen) atoms. The summed E-state index contributed by atoms with van der Waals surface area (Å²) >= 11 is 1.73. The molecular formula is C21H29N5OS. The summed E-state index contributed by atoms with van der Waals surface area (Å²) in [4.78, 5) is 24.5. The number of piperidine rings is 1. The van der Waals surface area contributed by atoms with Crippen LogP contribution in [0.3, 0.4) is 0 Å². The summed E-state index contributed by atoms with van der Waals surface area (Å²) in [5.74, 6) is 0.892. The number of rotatable bonds is 6. The van der Waals surface area contributed by atoms with Crippen LogP contribution in [-0.4, -0.2) is 48.4 Å². The molecule has 1 fully saturated rings. The summed E-state index contributed by atoms with van der Waals surface area (Å²) < 4.78 is 0. The third-order valence-electron chi connectivity index (χ3n) is 4.80. The van der Waals surface area contributed by atoms with E-state index in [-0.39, 0.29) is 5.91 Å². The molecule has 2 N–H and O–H groups in total. The number of hydrogen-bond donors (Lipinski definition) is 2. The molecule has 1 aliphatic rings. The molecule has 1 saturated heterocycles. The number of thiazole rings is 1. The number of likely N-dealkylation sites (tertiary alicyclic amines) is 1. The summed E-state index contributed by atoms with van der Waals surface area (Å²) in [5, 5.41) is 7.77. The minimum atomic E-state index is 0.141. The summed E-state index contributed by atoms with van der Waals surface area (Å²) in [5.41, 5.74) is 1.84. The van der Waals surface area contributed by atoms with E-state index in [0.29, 0.717) is 6.54 Å². The van der Waals surface area contributed by atoms with Crippen molar-refractivity contribution in [3.8, 4) is 0 Å². The third kappa shape index (κ3) is 5.79. The van der Waals surface area contributed by atoms with Crippen LogP contribution >= 0.6 is 11.3 Å². The maximum absolute atomic E-state index is 12.7. The number of aliphatic imine (C=N–C) groups is 1. The van der Waals surface area contributed by atoms with Crippen molar-refractivity contribution in [1.82, 2.24) is 20.5 Å². The minimum absolute atomic E-state index is 0.141. The van der Waals surface area contributed by atoms with Gasteiger partial charge < -0.3 is 15.5 Å². The van der Waals surface area contributed by atoms with E-state index in [1.807, 2.05) is 35.4 Å². The molecule has 0 atom stereocenters. The Morgan fingerprint density at radius 2 is 2.07 bits per heavy atom. The molecule has 0 aliphatic carbocycles. The van der Waals surface area contributed by atoms with Crippen LogP contribution in [0.1, 0.15) is 45.1 Å². The quantitative estimate of drug-likeness (QED) is 0.579. The number of amides is 1. The van der Waals surface area contributed by atoms with Gasteiger partial charge in [0.15, 0.2) is 5.96 Å². The highest BCUT2D eigenvalue weighted by molar-refractivity contribution is 7.11. The van der Waals surface area contributed by atoms with Crippen LogP contribution in [-0.2, 0) is 13.0 Å². The van der Waals surface area contributed by atoms with Gasteiger partial charge in [0.05, 0.1) is 5.01 Å². The minimum Gasteiger partial charge on any atom is -0.356 e. The molecule has 0 unspecified atom stereocenters. The molecule has 0 radical (unpaired) electrons. The first-order valence-electron chi connectivity index (χ1n) is 9.90. The molecule has 0 bridgehead atoms. The van der Waals surface area contributed by atoms with Crippen molar-refractivity contribution >= 4 is 23.2 Å². The van der Waals surface area contributed by atoms with Crippen molar-refractivity contribution in [2.24, 2.45) is 4.99 Å². The Labute approximate surface area is 171 Å². The van der Waals surface area contributed by atoms with Gasteiger partial charge in [-0.2, -0.15) is 0 Å². The maximum atomic E-state index is 12.7. The Morgan fingerprint density at radius 1 is 1.25 bits per heavy atom. The molecule has 6 nitrogen and oxygen atoms in total. The van der Waals surface area contributed by atoms with Gasteiger partial charge in [-0.3, -0.25) is 9.79 Å². The van der Waals surface area contributed by atoms with Crippen LogP contribution in [0.2, 0.25) is 0 Å². The lowest BCUT2D eigenvalue weighted by atomic mass is 10.1. The first kappa shape index (κ1) is 20.3. The molecule has 150 valence electrons. The maximum Gasteiger partial charge on any atom is 0.253 e. The van der Waals surface area contributed by atoms with Gasteiger partial charge in [0.2, 0.25) is 0 Å². The molecule has 0 spiro atoms. The van der Waals surface area contributed by atoms with E-state index in [2.05, 4.69) is 27.5 Å². The summed E-state index contributed by atoms with van der Waals surface area (Å²) in [7, 11) is 1.76. The number of benzene rings is 1. The van der Waals surface area contributed by atoms with E-state index in [1.54, 1.807) is 18.4 Å². The standard InChI is InChI=1S/C21H29N5OS/c1-16-14-24-19(28-16)9-10-23-21(22-2)25-15-17-7-6-8-18(13-17)20(27)26-11-4-3-5-12-26/h6-8,13-14H,3-5,9-12,15H2,1-2H3,(H2,22,23,25). The normalized spacial score (nSPS) is 14.8. The summed E-state index contributed by atoms with van der Waals surface area (Å²) in [6.45, 7) is 5.21. The van der Waals surface area contributed by atoms with E-state index < -0.39 is 0 Å². The van der Waals surface area contributed by atoms with E-state index in [9.17, 15) is 4.79 Å². The smallest absolute Gasteiger partial charge is 0.253 e.